The molecule has 1 unspecified atom stereocenters. The average Bonchev–Trinajstić information content (AvgIpc) is 3.30. The van der Waals surface area contributed by atoms with E-state index in [0.717, 1.165) is 0 Å². The Morgan fingerprint density at radius 2 is 1.83 bits per heavy atom. The number of nitrogens with zero attached hydrogens (tertiary/aromatic N) is 2. The molecule has 3 rings (SSSR count). The molecule has 0 aromatic heterocycles. The highest BCUT2D eigenvalue weighted by molar-refractivity contribution is 8.77. The average molecular weight is 453 g/mol. The maximum atomic E-state index is 8.99. The Bertz CT molecular complexity index is 669. The Morgan fingerprint density at radius 1 is 1.17 bits per heavy atom. The van der Waals surface area contributed by atoms with Gasteiger partial charge in [-0.3, -0.25) is 0 Å². The van der Waals surface area contributed by atoms with Crippen molar-refractivity contribution in [2.45, 2.75) is 88.0 Å². The monoisotopic (exact) mass is 452 g/mol. The maximum Gasteiger partial charge on any atom is 0.259 e. The maximum absolute atomic E-state index is 8.99. The van der Waals surface area contributed by atoms with Crippen molar-refractivity contribution >= 4 is 30.1 Å². The van der Waals surface area contributed by atoms with Gasteiger partial charge < -0.3 is 9.05 Å². The van der Waals surface area contributed by atoms with E-state index in [4.69, 9.17) is 14.3 Å². The molecule has 0 radical (unpaired) electrons. The van der Waals surface area contributed by atoms with Crippen LogP contribution in [0.25, 0.3) is 0 Å². The van der Waals surface area contributed by atoms with Crippen molar-refractivity contribution < 1.29 is 9.05 Å². The van der Waals surface area contributed by atoms with Crippen molar-refractivity contribution in [3.05, 3.63) is 35.9 Å². The first-order chi connectivity index (χ1) is 14.0. The van der Waals surface area contributed by atoms with Crippen LogP contribution < -0.4 is 0 Å². The van der Waals surface area contributed by atoms with E-state index in [-0.39, 0.29) is 10.9 Å². The van der Waals surface area contributed by atoms with Crippen LogP contribution in [0.5, 0.6) is 0 Å². The summed E-state index contributed by atoms with van der Waals surface area (Å²) in [6, 6.07) is 13.6. The Hall–Kier alpha value is -0.280. The second-order valence-electron chi connectivity index (χ2n) is 8.36. The van der Waals surface area contributed by atoms with E-state index in [1.54, 1.807) is 0 Å². The molecule has 1 aliphatic heterocycles. The minimum Gasteiger partial charge on any atom is -0.321 e. The van der Waals surface area contributed by atoms with Gasteiger partial charge in [-0.1, -0.05) is 64.8 Å². The molecule has 2 fully saturated rings. The second-order valence-corrected chi connectivity index (χ2v) is 12.5. The van der Waals surface area contributed by atoms with Gasteiger partial charge in [0.15, 0.2) is 0 Å². The van der Waals surface area contributed by atoms with E-state index in [9.17, 15) is 0 Å². The molecular weight excluding hydrogens is 419 g/mol. The normalized spacial score (nSPS) is 24.6. The zero-order chi connectivity index (χ0) is 20.9. The van der Waals surface area contributed by atoms with Gasteiger partial charge in [-0.05, 0) is 46.1 Å². The fourth-order valence-electron chi connectivity index (χ4n) is 4.28. The van der Waals surface area contributed by atoms with Crippen LogP contribution >= 0.6 is 30.1 Å². The molecule has 160 valence electrons. The lowest BCUT2D eigenvalue weighted by atomic mass is 9.93. The molecule has 1 aliphatic carbocycles. The first-order valence-electron chi connectivity index (χ1n) is 10.6. The quantitative estimate of drug-likeness (QED) is 0.226. The van der Waals surface area contributed by atoms with Gasteiger partial charge in [-0.2, -0.15) is 5.26 Å². The number of hydrogen-bond acceptors (Lipinski definition) is 6. The summed E-state index contributed by atoms with van der Waals surface area (Å²) in [7, 11) is 2.78. The van der Waals surface area contributed by atoms with Gasteiger partial charge in [-0.15, -0.1) is 0 Å². The zero-order valence-corrected chi connectivity index (χ0v) is 20.4. The van der Waals surface area contributed by atoms with Gasteiger partial charge >= 0.3 is 0 Å². The van der Waals surface area contributed by atoms with Crippen molar-refractivity contribution in [3.63, 3.8) is 0 Å². The van der Waals surface area contributed by atoms with E-state index in [1.165, 1.54) is 31.2 Å². The van der Waals surface area contributed by atoms with Crippen molar-refractivity contribution in [1.29, 1.82) is 5.26 Å². The smallest absolute Gasteiger partial charge is 0.259 e. The predicted octanol–water partition coefficient (Wildman–Crippen LogP) is 7.10. The first-order valence-corrected chi connectivity index (χ1v) is 14.0. The van der Waals surface area contributed by atoms with Gasteiger partial charge in [0.25, 0.3) is 8.53 Å². The Morgan fingerprint density at radius 3 is 2.41 bits per heavy atom. The molecule has 4 nitrogen and oxygen atoms in total. The van der Waals surface area contributed by atoms with E-state index in [0.29, 0.717) is 30.4 Å². The Kier molecular flexibility index (Phi) is 8.74. The number of benzene rings is 1. The summed E-state index contributed by atoms with van der Waals surface area (Å²) in [6.45, 7) is 9.22. The van der Waals surface area contributed by atoms with Crippen LogP contribution in [0.2, 0.25) is 0 Å². The minimum atomic E-state index is -1.23. The second kappa shape index (κ2) is 10.8. The van der Waals surface area contributed by atoms with Crippen LogP contribution in [0.4, 0.5) is 0 Å². The van der Waals surface area contributed by atoms with E-state index in [1.807, 2.05) is 21.6 Å². The summed E-state index contributed by atoms with van der Waals surface area (Å²) in [4.78, 5) is 0. The van der Waals surface area contributed by atoms with Crippen LogP contribution in [0.15, 0.2) is 30.3 Å². The summed E-state index contributed by atoms with van der Waals surface area (Å²) in [5, 5.41) is 9.30. The van der Waals surface area contributed by atoms with E-state index in [2.05, 4.69) is 68.8 Å². The molecule has 0 N–H and O–H groups in total. The molecule has 0 amide bonds. The first kappa shape index (κ1) is 23.4. The van der Waals surface area contributed by atoms with E-state index >= 15 is 0 Å². The summed E-state index contributed by atoms with van der Waals surface area (Å²) in [5.41, 5.74) is 1.34. The lowest BCUT2D eigenvalue weighted by Gasteiger charge is -2.40. The molecular formula is C22H33N2O2PS2. The topological polar surface area (TPSA) is 45.5 Å². The molecule has 1 saturated heterocycles. The number of hydrogen-bond donors (Lipinski definition) is 0. The fourth-order valence-corrected chi connectivity index (χ4v) is 10.4. The van der Waals surface area contributed by atoms with Crippen LogP contribution in [-0.4, -0.2) is 34.2 Å². The SMILES string of the molecule is CC(C)N(C(C)C)P(OCCC#N)O[C@@H]1[C@H](c2ccccc2)SSC12CCCC2. The third kappa shape index (κ3) is 5.50. The lowest BCUT2D eigenvalue weighted by Crippen LogP contribution is -2.40. The molecule has 7 heteroatoms. The third-order valence-electron chi connectivity index (χ3n) is 5.56. The molecule has 1 aromatic rings. The predicted molar refractivity (Wildman–Crippen MR) is 126 cm³/mol. The number of nitriles is 1. The van der Waals surface area contributed by atoms with Gasteiger partial charge in [0.05, 0.1) is 35.2 Å². The van der Waals surface area contributed by atoms with Gasteiger partial charge in [0, 0.05) is 12.1 Å². The highest BCUT2D eigenvalue weighted by atomic mass is 33.1. The van der Waals surface area contributed by atoms with Crippen molar-refractivity contribution in [2.75, 3.05) is 6.61 Å². The molecule has 29 heavy (non-hydrogen) atoms. The van der Waals surface area contributed by atoms with Crippen molar-refractivity contribution in [2.24, 2.45) is 0 Å². The molecule has 1 heterocycles. The summed E-state index contributed by atoms with van der Waals surface area (Å²) >= 11 is 0. The summed E-state index contributed by atoms with van der Waals surface area (Å²) < 4.78 is 15.7. The minimum absolute atomic E-state index is 0.121. The zero-order valence-electron chi connectivity index (χ0n) is 17.9. The Labute approximate surface area is 185 Å². The summed E-state index contributed by atoms with van der Waals surface area (Å²) in [6.07, 6.45) is 5.50. The molecule has 1 spiro atoms. The highest BCUT2D eigenvalue weighted by Gasteiger charge is 2.54. The fraction of sp³-hybridized carbons (Fsp3) is 0.682. The molecule has 1 aromatic carbocycles. The van der Waals surface area contributed by atoms with Crippen LogP contribution in [-0.2, 0) is 9.05 Å². The molecule has 0 bridgehead atoms. The summed E-state index contributed by atoms with van der Waals surface area (Å²) in [5.74, 6) is 0. The highest BCUT2D eigenvalue weighted by Crippen LogP contribution is 2.67. The van der Waals surface area contributed by atoms with Crippen molar-refractivity contribution in [3.8, 4) is 6.07 Å². The largest absolute Gasteiger partial charge is 0.321 e. The third-order valence-corrected chi connectivity index (χ3v) is 11.4. The van der Waals surface area contributed by atoms with Crippen LogP contribution in [0.1, 0.15) is 70.6 Å². The number of rotatable bonds is 9. The molecule has 1 saturated carbocycles. The Balaban J connectivity index is 1.88. The standard InChI is InChI=1S/C22H33N2O2PS2/c1-17(2)24(18(3)4)27(25-16-10-15-23)26-21-20(19-11-6-5-7-12-19)28-29-22(21)13-8-9-14-22/h5-7,11-12,17-18,20-21H,8-10,13-14,16H2,1-4H3/t20-,21+,27?/m0/s1. The van der Waals surface area contributed by atoms with Crippen LogP contribution in [0, 0.1) is 11.3 Å². The molecule has 3 atom stereocenters. The van der Waals surface area contributed by atoms with Crippen LogP contribution in [0.3, 0.4) is 0 Å². The lowest BCUT2D eigenvalue weighted by molar-refractivity contribution is 0.107. The van der Waals surface area contributed by atoms with Gasteiger partial charge in [0.2, 0.25) is 0 Å². The van der Waals surface area contributed by atoms with E-state index < -0.39 is 8.53 Å². The molecule has 2 aliphatic rings. The van der Waals surface area contributed by atoms with Crippen molar-refractivity contribution in [1.82, 2.24) is 4.67 Å². The van der Waals surface area contributed by atoms with Gasteiger partial charge in [0.1, 0.15) is 0 Å². The van der Waals surface area contributed by atoms with Gasteiger partial charge in [-0.25, -0.2) is 4.67 Å².